The highest BCUT2D eigenvalue weighted by molar-refractivity contribution is 6.62. The Labute approximate surface area is 178 Å². The van der Waals surface area contributed by atoms with Crippen molar-refractivity contribution < 1.29 is 9.31 Å². The van der Waals surface area contributed by atoms with Crippen molar-refractivity contribution in [2.24, 2.45) is 0 Å². The maximum Gasteiger partial charge on any atom is 0.494 e. The van der Waals surface area contributed by atoms with Crippen LogP contribution in [0.2, 0.25) is 0 Å². The number of pyridine rings is 1. The van der Waals surface area contributed by atoms with Crippen LogP contribution in [-0.4, -0.2) is 23.3 Å². The van der Waals surface area contributed by atoms with Gasteiger partial charge in [0.1, 0.15) is 0 Å². The van der Waals surface area contributed by atoms with Gasteiger partial charge in [-0.1, -0.05) is 62.4 Å². The molecule has 3 aromatic carbocycles. The summed E-state index contributed by atoms with van der Waals surface area (Å²) in [4.78, 5) is 5.10. The van der Waals surface area contributed by atoms with Gasteiger partial charge in [0.2, 0.25) is 0 Å². The van der Waals surface area contributed by atoms with Gasteiger partial charge in [-0.25, -0.2) is 0 Å². The fraction of sp³-hybridized carbons (Fsp3) is 0.346. The van der Waals surface area contributed by atoms with Gasteiger partial charge in [-0.05, 0) is 61.3 Å². The molecule has 0 aliphatic carbocycles. The molecule has 0 unspecified atom stereocenters. The maximum absolute atomic E-state index is 6.32. The second-order valence-electron chi connectivity index (χ2n) is 9.73. The van der Waals surface area contributed by atoms with Gasteiger partial charge in [0.25, 0.3) is 0 Å². The third-order valence-corrected chi connectivity index (χ3v) is 6.84. The summed E-state index contributed by atoms with van der Waals surface area (Å²) in [6.07, 6.45) is 0. The van der Waals surface area contributed by atoms with Crippen LogP contribution in [0.3, 0.4) is 0 Å². The molecule has 3 nitrogen and oxygen atoms in total. The van der Waals surface area contributed by atoms with Gasteiger partial charge in [0.05, 0.1) is 16.7 Å². The number of hydrogen-bond acceptors (Lipinski definition) is 3. The van der Waals surface area contributed by atoms with Gasteiger partial charge >= 0.3 is 7.12 Å². The quantitative estimate of drug-likeness (QED) is 0.309. The molecule has 152 valence electrons. The molecular formula is C26H28BNO2. The lowest BCUT2D eigenvalue weighted by molar-refractivity contribution is 0.00578. The summed E-state index contributed by atoms with van der Waals surface area (Å²) in [5, 5.41) is 6.05. The van der Waals surface area contributed by atoms with E-state index in [-0.39, 0.29) is 18.3 Å². The van der Waals surface area contributed by atoms with Gasteiger partial charge in [0.15, 0.2) is 0 Å². The van der Waals surface area contributed by atoms with Crippen LogP contribution in [0.4, 0.5) is 0 Å². The van der Waals surface area contributed by atoms with Crippen LogP contribution in [0, 0.1) is 0 Å². The molecule has 1 fully saturated rings. The molecule has 30 heavy (non-hydrogen) atoms. The van der Waals surface area contributed by atoms with E-state index in [1.807, 2.05) is 0 Å². The Kier molecular flexibility index (Phi) is 4.25. The molecular weight excluding hydrogens is 369 g/mol. The average Bonchev–Trinajstić information content (AvgIpc) is 2.94. The van der Waals surface area contributed by atoms with E-state index in [0.717, 1.165) is 22.1 Å². The van der Waals surface area contributed by atoms with Gasteiger partial charge in [0, 0.05) is 16.5 Å². The van der Waals surface area contributed by atoms with Crippen LogP contribution >= 0.6 is 0 Å². The first-order valence-electron chi connectivity index (χ1n) is 10.8. The van der Waals surface area contributed by atoms with E-state index in [2.05, 4.69) is 96.1 Å². The fourth-order valence-electron chi connectivity index (χ4n) is 4.29. The van der Waals surface area contributed by atoms with Crippen molar-refractivity contribution >= 4 is 45.0 Å². The van der Waals surface area contributed by atoms with Gasteiger partial charge < -0.3 is 9.31 Å². The molecule has 0 saturated carbocycles. The number of benzene rings is 3. The average molecular weight is 397 g/mol. The van der Waals surface area contributed by atoms with Gasteiger partial charge in [-0.15, -0.1) is 0 Å². The Morgan fingerprint density at radius 1 is 0.733 bits per heavy atom. The van der Waals surface area contributed by atoms with E-state index in [9.17, 15) is 0 Å². The van der Waals surface area contributed by atoms with E-state index in [0.29, 0.717) is 5.92 Å². The summed E-state index contributed by atoms with van der Waals surface area (Å²) >= 11 is 0. The van der Waals surface area contributed by atoms with E-state index < -0.39 is 0 Å². The summed E-state index contributed by atoms with van der Waals surface area (Å²) in [6.45, 7) is 12.7. The zero-order valence-corrected chi connectivity index (χ0v) is 18.6. The fourth-order valence-corrected chi connectivity index (χ4v) is 4.29. The SMILES string of the molecule is CC(C)c1ccc2c3ccccc3c3ccc(B4OC(C)(C)C(C)(C)O4)cc3c2n1. The smallest absolute Gasteiger partial charge is 0.399 e. The Morgan fingerprint density at radius 2 is 1.30 bits per heavy atom. The van der Waals surface area contributed by atoms with Crippen LogP contribution in [0.1, 0.15) is 53.2 Å². The molecule has 0 atom stereocenters. The summed E-state index contributed by atoms with van der Waals surface area (Å²) in [6, 6.07) is 19.5. The summed E-state index contributed by atoms with van der Waals surface area (Å²) < 4.78 is 12.6. The lowest BCUT2D eigenvalue weighted by atomic mass is 9.77. The summed E-state index contributed by atoms with van der Waals surface area (Å²) in [5.41, 5.74) is 2.48. The standard InChI is InChI=1S/C26H28BNO2/c1-16(2)23-14-13-21-19-10-8-7-9-18(19)20-12-11-17(15-22(20)24(21)28-23)27-29-25(3,4)26(5,6)30-27/h7-16H,1-6H3. The molecule has 4 heteroatoms. The number of nitrogens with zero attached hydrogens (tertiary/aromatic N) is 1. The first-order chi connectivity index (χ1) is 14.2. The lowest BCUT2D eigenvalue weighted by Crippen LogP contribution is -2.41. The van der Waals surface area contributed by atoms with Crippen molar-refractivity contribution in [3.05, 3.63) is 60.3 Å². The monoisotopic (exact) mass is 397 g/mol. The van der Waals surface area contributed by atoms with Crippen LogP contribution in [0.5, 0.6) is 0 Å². The van der Waals surface area contributed by atoms with E-state index in [1.165, 1.54) is 21.5 Å². The molecule has 5 rings (SSSR count). The predicted molar refractivity (Wildman–Crippen MR) is 127 cm³/mol. The third kappa shape index (κ3) is 2.85. The second-order valence-corrected chi connectivity index (χ2v) is 9.73. The van der Waals surface area contributed by atoms with Crippen LogP contribution < -0.4 is 5.46 Å². The molecule has 1 aromatic heterocycles. The van der Waals surface area contributed by atoms with Crippen LogP contribution in [0.25, 0.3) is 32.4 Å². The number of fused-ring (bicyclic) bond motifs is 6. The highest BCUT2D eigenvalue weighted by Crippen LogP contribution is 2.38. The molecule has 1 aliphatic heterocycles. The normalized spacial score (nSPS) is 18.2. The van der Waals surface area contributed by atoms with Crippen molar-refractivity contribution in [1.82, 2.24) is 4.98 Å². The minimum atomic E-state index is -0.380. The zero-order chi connectivity index (χ0) is 21.3. The van der Waals surface area contributed by atoms with E-state index in [4.69, 9.17) is 14.3 Å². The summed E-state index contributed by atoms with van der Waals surface area (Å²) in [7, 11) is -0.380. The topological polar surface area (TPSA) is 31.4 Å². The molecule has 0 amide bonds. The molecule has 1 saturated heterocycles. The molecule has 0 bridgehead atoms. The van der Waals surface area contributed by atoms with Crippen LogP contribution in [0.15, 0.2) is 54.6 Å². The second kappa shape index (κ2) is 6.53. The Balaban J connectivity index is 1.79. The molecule has 4 aromatic rings. The van der Waals surface area contributed by atoms with E-state index in [1.54, 1.807) is 0 Å². The van der Waals surface area contributed by atoms with Gasteiger partial charge in [-0.3, -0.25) is 4.98 Å². The Hall–Kier alpha value is -2.43. The lowest BCUT2D eigenvalue weighted by Gasteiger charge is -2.32. The minimum absolute atomic E-state index is 0.360. The third-order valence-electron chi connectivity index (χ3n) is 6.84. The first kappa shape index (κ1) is 19.5. The van der Waals surface area contributed by atoms with Crippen molar-refractivity contribution in [3.63, 3.8) is 0 Å². The highest BCUT2D eigenvalue weighted by atomic mass is 16.7. The Morgan fingerprint density at radius 3 is 1.93 bits per heavy atom. The zero-order valence-electron chi connectivity index (χ0n) is 18.6. The number of hydrogen-bond donors (Lipinski definition) is 0. The van der Waals surface area contributed by atoms with E-state index >= 15 is 0 Å². The number of aromatic nitrogens is 1. The molecule has 0 N–H and O–H groups in total. The van der Waals surface area contributed by atoms with Crippen molar-refractivity contribution in [1.29, 1.82) is 0 Å². The van der Waals surface area contributed by atoms with Gasteiger partial charge in [-0.2, -0.15) is 0 Å². The minimum Gasteiger partial charge on any atom is -0.399 e. The number of rotatable bonds is 2. The van der Waals surface area contributed by atoms with Crippen molar-refractivity contribution in [2.45, 2.75) is 58.7 Å². The van der Waals surface area contributed by atoms with Crippen molar-refractivity contribution in [3.8, 4) is 0 Å². The predicted octanol–water partition coefficient (Wildman–Crippen LogP) is 5.96. The molecule has 2 heterocycles. The molecule has 0 radical (unpaired) electrons. The summed E-state index contributed by atoms with van der Waals surface area (Å²) in [5.74, 6) is 0.377. The highest BCUT2D eigenvalue weighted by Gasteiger charge is 2.51. The molecule has 0 spiro atoms. The van der Waals surface area contributed by atoms with Crippen LogP contribution in [-0.2, 0) is 9.31 Å². The Bertz CT molecular complexity index is 1280. The molecule has 1 aliphatic rings. The maximum atomic E-state index is 6.32. The first-order valence-corrected chi connectivity index (χ1v) is 10.8. The van der Waals surface area contributed by atoms with Crippen molar-refractivity contribution in [2.75, 3.05) is 0 Å². The largest absolute Gasteiger partial charge is 0.494 e.